The molecule has 0 bridgehead atoms. The van der Waals surface area contributed by atoms with Gasteiger partial charge in [0.2, 0.25) is 0 Å². The minimum absolute atomic E-state index is 0.0774. The largest absolute Gasteiger partial charge is 0.461 e. The lowest BCUT2D eigenvalue weighted by molar-refractivity contribution is -0.142. The van der Waals surface area contributed by atoms with Crippen molar-refractivity contribution in [2.24, 2.45) is 5.92 Å². The number of hydrogen-bond donors (Lipinski definition) is 0. The molecule has 2 nitrogen and oxygen atoms in total. The van der Waals surface area contributed by atoms with Gasteiger partial charge in [-0.2, -0.15) is 0 Å². The van der Waals surface area contributed by atoms with E-state index < -0.39 is 0 Å². The lowest BCUT2D eigenvalue weighted by atomic mass is 10.0. The lowest BCUT2D eigenvalue weighted by Gasteiger charge is -2.05. The average molecular weight is 339 g/mol. The van der Waals surface area contributed by atoms with E-state index in [1.807, 2.05) is 6.92 Å². The summed E-state index contributed by atoms with van der Waals surface area (Å²) in [5.74, 6) is 0.790. The van der Waals surface area contributed by atoms with Gasteiger partial charge >= 0.3 is 5.97 Å². The first-order valence-corrected chi connectivity index (χ1v) is 10.3. The van der Waals surface area contributed by atoms with Crippen molar-refractivity contribution in [1.29, 1.82) is 0 Å². The average Bonchev–Trinajstić information content (AvgIpc) is 2.52. The highest BCUT2D eigenvalue weighted by Gasteiger charge is 2.02. The van der Waals surface area contributed by atoms with Gasteiger partial charge in [0.15, 0.2) is 0 Å². The summed E-state index contributed by atoms with van der Waals surface area (Å²) in [4.78, 5) is 11.4. The highest BCUT2D eigenvalue weighted by molar-refractivity contribution is 5.69. The van der Waals surface area contributed by atoms with Crippen molar-refractivity contribution in [3.05, 3.63) is 12.2 Å². The number of carbonyl (C=O) groups is 1. The van der Waals surface area contributed by atoms with Crippen molar-refractivity contribution in [2.75, 3.05) is 6.61 Å². The van der Waals surface area contributed by atoms with Crippen LogP contribution in [0.5, 0.6) is 0 Å². The van der Waals surface area contributed by atoms with Gasteiger partial charge in [-0.05, 0) is 24.8 Å². The van der Waals surface area contributed by atoms with Crippen LogP contribution in [0.4, 0.5) is 0 Å². The predicted octanol–water partition coefficient (Wildman–Crippen LogP) is 7.22. The van der Waals surface area contributed by atoms with E-state index in [9.17, 15) is 4.79 Å². The van der Waals surface area contributed by atoms with Crippen molar-refractivity contribution < 1.29 is 9.53 Å². The number of ether oxygens (including phenoxy) is 1. The molecule has 0 unspecified atom stereocenters. The van der Waals surface area contributed by atoms with E-state index in [4.69, 9.17) is 4.74 Å². The summed E-state index contributed by atoms with van der Waals surface area (Å²) in [7, 11) is 0. The second-order valence-corrected chi connectivity index (χ2v) is 7.79. The third kappa shape index (κ3) is 19.3. The number of esters is 1. The Balaban J connectivity index is 3.12. The molecular formula is C22H42O2. The fourth-order valence-electron chi connectivity index (χ4n) is 2.87. The van der Waals surface area contributed by atoms with E-state index in [1.165, 1.54) is 70.6 Å². The Hall–Kier alpha value is -0.790. The van der Waals surface area contributed by atoms with Crippen LogP contribution in [0.3, 0.4) is 0 Å². The SMILES string of the molecule is C=C(C)COC(=O)CCCCCCCCCCCCCCC(C)C. The molecule has 0 spiro atoms. The standard InChI is InChI=1S/C22H42O2/c1-20(2)17-15-13-11-9-7-5-6-8-10-12-14-16-18-22(23)24-19-21(3)4/h20H,3,5-19H2,1-2,4H3. The molecule has 0 heterocycles. The highest BCUT2D eigenvalue weighted by atomic mass is 16.5. The zero-order valence-corrected chi connectivity index (χ0v) is 16.7. The fourth-order valence-corrected chi connectivity index (χ4v) is 2.87. The molecule has 0 fully saturated rings. The summed E-state index contributed by atoms with van der Waals surface area (Å²) in [6.45, 7) is 10.6. The Morgan fingerprint density at radius 2 is 1.21 bits per heavy atom. The monoisotopic (exact) mass is 338 g/mol. The van der Waals surface area contributed by atoms with Gasteiger partial charge in [0.05, 0.1) is 0 Å². The first kappa shape index (κ1) is 23.2. The van der Waals surface area contributed by atoms with Crippen LogP contribution in [0.25, 0.3) is 0 Å². The molecule has 0 aliphatic carbocycles. The molecule has 142 valence electrons. The van der Waals surface area contributed by atoms with Crippen LogP contribution in [0, 0.1) is 5.92 Å². The van der Waals surface area contributed by atoms with E-state index in [0.29, 0.717) is 13.0 Å². The molecule has 0 aliphatic heterocycles. The molecule has 0 aromatic heterocycles. The van der Waals surface area contributed by atoms with E-state index in [2.05, 4.69) is 20.4 Å². The summed E-state index contributed by atoms with van der Waals surface area (Å²) in [6, 6.07) is 0. The van der Waals surface area contributed by atoms with Gasteiger partial charge in [-0.1, -0.05) is 97.5 Å². The second kappa shape index (κ2) is 17.0. The number of hydrogen-bond acceptors (Lipinski definition) is 2. The molecule has 0 N–H and O–H groups in total. The summed E-state index contributed by atoms with van der Waals surface area (Å²) in [6.07, 6.45) is 17.9. The molecule has 0 aromatic carbocycles. The molecular weight excluding hydrogens is 296 g/mol. The molecule has 2 heteroatoms. The lowest BCUT2D eigenvalue weighted by Crippen LogP contribution is -2.05. The molecule has 0 rings (SSSR count). The Bertz CT molecular complexity index is 307. The van der Waals surface area contributed by atoms with Gasteiger partial charge in [-0.3, -0.25) is 4.79 Å². The van der Waals surface area contributed by atoms with Gasteiger partial charge in [0.25, 0.3) is 0 Å². The third-order valence-corrected chi connectivity index (χ3v) is 4.39. The van der Waals surface area contributed by atoms with Gasteiger partial charge < -0.3 is 4.74 Å². The summed E-state index contributed by atoms with van der Waals surface area (Å²) in [5.41, 5.74) is 0.902. The first-order chi connectivity index (χ1) is 11.5. The van der Waals surface area contributed by atoms with Crippen LogP contribution in [0.2, 0.25) is 0 Å². The highest BCUT2D eigenvalue weighted by Crippen LogP contribution is 2.14. The van der Waals surface area contributed by atoms with E-state index in [1.54, 1.807) is 0 Å². The third-order valence-electron chi connectivity index (χ3n) is 4.39. The van der Waals surface area contributed by atoms with Crippen molar-refractivity contribution in [3.8, 4) is 0 Å². The van der Waals surface area contributed by atoms with Crippen molar-refractivity contribution in [2.45, 2.75) is 111 Å². The molecule has 0 aromatic rings. The summed E-state index contributed by atoms with van der Waals surface area (Å²) < 4.78 is 5.08. The van der Waals surface area contributed by atoms with Gasteiger partial charge in [0, 0.05) is 6.42 Å². The quantitative estimate of drug-likeness (QED) is 0.159. The topological polar surface area (TPSA) is 26.3 Å². The Morgan fingerprint density at radius 1 is 0.792 bits per heavy atom. The zero-order valence-electron chi connectivity index (χ0n) is 16.7. The maximum absolute atomic E-state index is 11.4. The van der Waals surface area contributed by atoms with Crippen LogP contribution in [0.1, 0.15) is 111 Å². The van der Waals surface area contributed by atoms with Crippen LogP contribution < -0.4 is 0 Å². The minimum Gasteiger partial charge on any atom is -0.461 e. The summed E-state index contributed by atoms with van der Waals surface area (Å²) in [5, 5.41) is 0. The van der Waals surface area contributed by atoms with Crippen molar-refractivity contribution in [1.82, 2.24) is 0 Å². The van der Waals surface area contributed by atoms with Gasteiger partial charge in [0.1, 0.15) is 6.61 Å². The zero-order chi connectivity index (χ0) is 18.0. The van der Waals surface area contributed by atoms with Gasteiger partial charge in [-0.15, -0.1) is 0 Å². The van der Waals surface area contributed by atoms with Crippen molar-refractivity contribution in [3.63, 3.8) is 0 Å². The smallest absolute Gasteiger partial charge is 0.306 e. The van der Waals surface area contributed by atoms with Crippen LogP contribution in [-0.2, 0) is 9.53 Å². The normalized spacial score (nSPS) is 11.0. The Labute approximate surface area is 151 Å². The number of unbranched alkanes of at least 4 members (excludes halogenated alkanes) is 11. The second-order valence-electron chi connectivity index (χ2n) is 7.79. The molecule has 0 radical (unpaired) electrons. The van der Waals surface area contributed by atoms with E-state index in [0.717, 1.165) is 24.3 Å². The van der Waals surface area contributed by atoms with Gasteiger partial charge in [-0.25, -0.2) is 0 Å². The molecule has 0 aliphatic rings. The maximum Gasteiger partial charge on any atom is 0.306 e. The van der Waals surface area contributed by atoms with E-state index >= 15 is 0 Å². The number of rotatable bonds is 17. The minimum atomic E-state index is -0.0774. The Morgan fingerprint density at radius 3 is 1.62 bits per heavy atom. The van der Waals surface area contributed by atoms with Crippen molar-refractivity contribution >= 4 is 5.97 Å². The Kier molecular flexibility index (Phi) is 16.5. The van der Waals surface area contributed by atoms with Crippen LogP contribution in [0.15, 0.2) is 12.2 Å². The van der Waals surface area contributed by atoms with E-state index in [-0.39, 0.29) is 5.97 Å². The molecule has 0 saturated heterocycles. The maximum atomic E-state index is 11.4. The molecule has 0 atom stereocenters. The van der Waals surface area contributed by atoms with Crippen LogP contribution in [-0.4, -0.2) is 12.6 Å². The molecule has 0 saturated carbocycles. The molecule has 0 amide bonds. The summed E-state index contributed by atoms with van der Waals surface area (Å²) >= 11 is 0. The molecule has 24 heavy (non-hydrogen) atoms. The fraction of sp³-hybridized carbons (Fsp3) is 0.864. The first-order valence-electron chi connectivity index (χ1n) is 10.3. The van der Waals surface area contributed by atoms with Crippen LogP contribution >= 0.6 is 0 Å². The number of carbonyl (C=O) groups excluding carboxylic acids is 1. The predicted molar refractivity (Wildman–Crippen MR) is 105 cm³/mol.